The molecule has 0 radical (unpaired) electrons. The van der Waals surface area contributed by atoms with Crippen LogP contribution in [-0.2, 0) is 27.5 Å². The summed E-state index contributed by atoms with van der Waals surface area (Å²) < 4.78 is 40.9. The third-order valence-electron chi connectivity index (χ3n) is 5.07. The maximum atomic E-state index is 14.2. The second-order valence-electron chi connectivity index (χ2n) is 7.14. The molecule has 146 valence electrons. The van der Waals surface area contributed by atoms with Crippen LogP contribution in [0.25, 0.3) is 11.1 Å². The first-order valence-corrected chi connectivity index (χ1v) is 11.1. The van der Waals surface area contributed by atoms with Crippen LogP contribution >= 0.6 is 0 Å². The van der Waals surface area contributed by atoms with Gasteiger partial charge < -0.3 is 9.45 Å². The van der Waals surface area contributed by atoms with Crippen LogP contribution in [0.15, 0.2) is 53.4 Å². The highest BCUT2D eigenvalue weighted by Gasteiger charge is 2.29. The van der Waals surface area contributed by atoms with Gasteiger partial charge in [-0.15, -0.1) is 4.21 Å². The van der Waals surface area contributed by atoms with Crippen LogP contribution in [0.1, 0.15) is 17.7 Å². The average Bonchev–Trinajstić information content (AvgIpc) is 2.99. The molecule has 7 heteroatoms. The predicted octanol–water partition coefficient (Wildman–Crippen LogP) is 4.03. The van der Waals surface area contributed by atoms with Crippen LogP contribution < -0.4 is 4.90 Å². The second kappa shape index (κ2) is 7.14. The molecule has 1 atom stereocenters. The number of rotatable bonds is 4. The summed E-state index contributed by atoms with van der Waals surface area (Å²) in [5.74, 6) is 0.608. The molecule has 0 bridgehead atoms. The fraction of sp³-hybridized carbons (Fsp3) is 0.286. The summed E-state index contributed by atoms with van der Waals surface area (Å²) >= 11 is 0. The molecule has 1 aliphatic rings. The van der Waals surface area contributed by atoms with Gasteiger partial charge >= 0.3 is 0 Å². The summed E-state index contributed by atoms with van der Waals surface area (Å²) in [6.07, 6.45) is 2.12. The molecule has 1 aromatic heterocycles. The van der Waals surface area contributed by atoms with Crippen molar-refractivity contribution in [2.45, 2.75) is 31.3 Å². The predicted molar refractivity (Wildman–Crippen MR) is 107 cm³/mol. The van der Waals surface area contributed by atoms with E-state index in [4.69, 9.17) is 0 Å². The van der Waals surface area contributed by atoms with E-state index in [1.165, 1.54) is 12.3 Å². The minimum absolute atomic E-state index is 0.242. The zero-order valence-corrected chi connectivity index (χ0v) is 16.7. The first-order valence-electron chi connectivity index (χ1n) is 9.21. The summed E-state index contributed by atoms with van der Waals surface area (Å²) in [4.78, 5) is 2.38. The minimum Gasteiger partial charge on any atom is -0.610 e. The van der Waals surface area contributed by atoms with Gasteiger partial charge in [0.1, 0.15) is 17.9 Å². The number of benzene rings is 2. The van der Waals surface area contributed by atoms with Crippen molar-refractivity contribution in [1.29, 1.82) is 0 Å². The fourth-order valence-corrected chi connectivity index (χ4v) is 4.76. The van der Waals surface area contributed by atoms with Crippen LogP contribution in [0.4, 0.5) is 10.2 Å². The molecule has 0 N–H and O–H groups in total. The molecule has 28 heavy (non-hydrogen) atoms. The van der Waals surface area contributed by atoms with Crippen molar-refractivity contribution in [3.05, 3.63) is 65.6 Å². The van der Waals surface area contributed by atoms with Crippen molar-refractivity contribution in [3.63, 3.8) is 0 Å². The molecule has 1 unspecified atom stereocenters. The summed E-state index contributed by atoms with van der Waals surface area (Å²) in [6, 6.07) is 13.7. The maximum absolute atomic E-state index is 14.2. The molecule has 0 saturated heterocycles. The van der Waals surface area contributed by atoms with Gasteiger partial charge in [-0.1, -0.05) is 30.3 Å². The number of hydrogen-bond donors (Lipinski definition) is 0. The van der Waals surface area contributed by atoms with Crippen LogP contribution in [0.3, 0.4) is 0 Å². The van der Waals surface area contributed by atoms with Crippen molar-refractivity contribution < 1.29 is 13.2 Å². The highest BCUT2D eigenvalue weighted by molar-refractivity contribution is 7.97. The lowest BCUT2D eigenvalue weighted by molar-refractivity contribution is 0.484. The van der Waals surface area contributed by atoms with Crippen LogP contribution in [0.5, 0.6) is 0 Å². The topological polar surface area (TPSA) is 61.2 Å². The van der Waals surface area contributed by atoms with Crippen LogP contribution in [0.2, 0.25) is 0 Å². The quantitative estimate of drug-likeness (QED) is 0.622. The number of hydrogen-bond acceptors (Lipinski definition) is 4. The van der Waals surface area contributed by atoms with Crippen LogP contribution in [-0.4, -0.2) is 27.1 Å². The van der Waals surface area contributed by atoms with E-state index in [1.54, 1.807) is 24.3 Å². The van der Waals surface area contributed by atoms with Gasteiger partial charge in [0.05, 0.1) is 21.5 Å². The van der Waals surface area contributed by atoms with Gasteiger partial charge in [-0.3, -0.25) is 0 Å². The Balaban J connectivity index is 1.86. The molecule has 0 aliphatic carbocycles. The molecule has 4 rings (SSSR count). The molecule has 0 spiro atoms. The SMILES string of the molecule is Cc1nn2c(c1-c1ccccc1[S+](C)(=O)[O-])N(Cc1ccccc1F)CCC2. The molecule has 0 saturated carbocycles. The smallest absolute Gasteiger partial charge is 0.163 e. The molecular weight excluding hydrogens is 377 g/mol. The molecule has 5 nitrogen and oxygen atoms in total. The summed E-state index contributed by atoms with van der Waals surface area (Å²) in [7, 11) is -3.40. The maximum Gasteiger partial charge on any atom is 0.163 e. The molecule has 3 aromatic rings. The zero-order chi connectivity index (χ0) is 19.9. The number of nitrogens with zero attached hydrogens (tertiary/aromatic N) is 3. The van der Waals surface area contributed by atoms with Gasteiger partial charge in [0.2, 0.25) is 0 Å². The van der Waals surface area contributed by atoms with Gasteiger partial charge in [0.25, 0.3) is 0 Å². The monoisotopic (exact) mass is 399 g/mol. The number of aromatic nitrogens is 2. The van der Waals surface area contributed by atoms with E-state index in [0.29, 0.717) is 17.7 Å². The lowest BCUT2D eigenvalue weighted by Gasteiger charge is -2.31. The molecule has 0 amide bonds. The van der Waals surface area contributed by atoms with E-state index in [-0.39, 0.29) is 10.7 Å². The van der Waals surface area contributed by atoms with E-state index < -0.39 is 10.2 Å². The Labute approximate surface area is 165 Å². The number of aryl methyl sites for hydroxylation is 2. The number of sulfone groups is 1. The summed E-state index contributed by atoms with van der Waals surface area (Å²) in [5.41, 5.74) is 2.82. The first-order chi connectivity index (χ1) is 13.4. The Bertz CT molecular complexity index is 1070. The largest absolute Gasteiger partial charge is 0.610 e. The average molecular weight is 399 g/mol. The Hall–Kier alpha value is -2.51. The van der Waals surface area contributed by atoms with E-state index in [9.17, 15) is 13.2 Å². The lowest BCUT2D eigenvalue weighted by atomic mass is 10.0. The number of anilines is 1. The first kappa shape index (κ1) is 18.8. The second-order valence-corrected chi connectivity index (χ2v) is 9.13. The highest BCUT2D eigenvalue weighted by Crippen LogP contribution is 2.40. The van der Waals surface area contributed by atoms with Crippen molar-refractivity contribution in [1.82, 2.24) is 9.78 Å². The summed E-state index contributed by atoms with van der Waals surface area (Å²) in [5, 5.41) is 4.65. The molecule has 0 fully saturated rings. The Morgan fingerprint density at radius 2 is 1.86 bits per heavy atom. The number of fused-ring (bicyclic) bond motifs is 1. The van der Waals surface area contributed by atoms with Gasteiger partial charge in [-0.25, -0.2) is 9.07 Å². The van der Waals surface area contributed by atoms with E-state index in [0.717, 1.165) is 36.6 Å². The van der Waals surface area contributed by atoms with Crippen molar-refractivity contribution in [2.24, 2.45) is 0 Å². The van der Waals surface area contributed by atoms with Crippen molar-refractivity contribution in [2.75, 3.05) is 17.7 Å². The lowest BCUT2D eigenvalue weighted by Crippen LogP contribution is -2.32. The van der Waals surface area contributed by atoms with E-state index in [1.807, 2.05) is 29.8 Å². The van der Waals surface area contributed by atoms with Gasteiger partial charge in [0, 0.05) is 30.8 Å². The Morgan fingerprint density at radius 3 is 2.61 bits per heavy atom. The van der Waals surface area contributed by atoms with Crippen molar-refractivity contribution >= 4 is 16.0 Å². The minimum atomic E-state index is -3.40. The van der Waals surface area contributed by atoms with Crippen molar-refractivity contribution in [3.8, 4) is 11.1 Å². The highest BCUT2D eigenvalue weighted by atomic mass is 32.3. The fourth-order valence-electron chi connectivity index (χ4n) is 3.86. The molecule has 2 heterocycles. The third kappa shape index (κ3) is 3.36. The molecule has 2 aromatic carbocycles. The van der Waals surface area contributed by atoms with E-state index in [2.05, 4.69) is 10.00 Å². The van der Waals surface area contributed by atoms with Gasteiger partial charge in [-0.2, -0.15) is 5.10 Å². The standard InChI is InChI=1S/C21H22FN3O2S/c1-15-20(17-9-4-6-11-19(17)28(2,26)27)21-24(12-7-13-25(21)23-15)14-16-8-3-5-10-18(16)22/h3-6,8-11H,7,12-14H2,1-2H3. The Kier molecular flexibility index (Phi) is 4.81. The normalized spacial score (nSPS) is 15.9. The number of halogens is 1. The molecule has 1 aliphatic heterocycles. The van der Waals surface area contributed by atoms with Gasteiger partial charge in [0.15, 0.2) is 4.90 Å². The third-order valence-corrected chi connectivity index (χ3v) is 6.23. The van der Waals surface area contributed by atoms with Gasteiger partial charge in [-0.05, 0) is 31.5 Å². The summed E-state index contributed by atoms with van der Waals surface area (Å²) in [6.45, 7) is 3.81. The van der Waals surface area contributed by atoms with E-state index >= 15 is 0 Å². The molecular formula is C21H22FN3O2S. The van der Waals surface area contributed by atoms with Crippen LogP contribution in [0, 0.1) is 12.7 Å². The zero-order valence-electron chi connectivity index (χ0n) is 15.9. The Morgan fingerprint density at radius 1 is 1.14 bits per heavy atom.